The molecule has 0 amide bonds. The van der Waals surface area contributed by atoms with Crippen molar-refractivity contribution in [2.24, 2.45) is 0 Å². The molecule has 21 heavy (non-hydrogen) atoms. The van der Waals surface area contributed by atoms with Gasteiger partial charge in [0.2, 0.25) is 10.0 Å². The highest BCUT2D eigenvalue weighted by molar-refractivity contribution is 7.89. The molecule has 8 heteroatoms. The van der Waals surface area contributed by atoms with Crippen molar-refractivity contribution < 1.29 is 22.7 Å². The molecule has 116 valence electrons. The fourth-order valence-corrected chi connectivity index (χ4v) is 3.86. The van der Waals surface area contributed by atoms with Crippen molar-refractivity contribution in [1.29, 1.82) is 0 Å². The smallest absolute Gasteiger partial charge is 0.335 e. The number of sulfonamides is 1. The number of nitrogens with one attached hydrogen (secondary N) is 2. The van der Waals surface area contributed by atoms with Crippen LogP contribution < -0.4 is 10.0 Å². The number of hydrogen-bond acceptors (Lipinski definition) is 4. The van der Waals surface area contributed by atoms with Crippen LogP contribution in [0.5, 0.6) is 0 Å². The summed E-state index contributed by atoms with van der Waals surface area (Å²) in [6.07, 6.45) is 1.28. The molecule has 0 atom stereocenters. The standard InChI is InChI=1S/C13H17FN2O4S/c1-8-11(14)6-9(13(17)18)7-12(8)21(19,20)16-10-2-4-15-5-3-10/h6-7,10,15-16H,2-5H2,1H3,(H,17,18). The van der Waals surface area contributed by atoms with Crippen LogP contribution in [0.3, 0.4) is 0 Å². The Balaban J connectivity index is 2.36. The fraction of sp³-hybridized carbons (Fsp3) is 0.462. The molecule has 1 aromatic carbocycles. The van der Waals surface area contributed by atoms with Crippen LogP contribution in [0.25, 0.3) is 0 Å². The molecule has 1 aromatic rings. The van der Waals surface area contributed by atoms with Gasteiger partial charge in [-0.1, -0.05) is 0 Å². The Labute approximate surface area is 122 Å². The van der Waals surface area contributed by atoms with Crippen LogP contribution in [0.4, 0.5) is 4.39 Å². The van der Waals surface area contributed by atoms with Gasteiger partial charge in [0.05, 0.1) is 10.5 Å². The quantitative estimate of drug-likeness (QED) is 0.766. The third-order valence-corrected chi connectivity index (χ3v) is 5.14. The number of carboxylic acid groups (broad SMARTS) is 1. The van der Waals surface area contributed by atoms with Gasteiger partial charge in [-0.25, -0.2) is 22.3 Å². The summed E-state index contributed by atoms with van der Waals surface area (Å²) in [6, 6.07) is 1.58. The molecular weight excluding hydrogens is 299 g/mol. The summed E-state index contributed by atoms with van der Waals surface area (Å²) in [5, 5.41) is 12.0. The Morgan fingerprint density at radius 3 is 2.57 bits per heavy atom. The lowest BCUT2D eigenvalue weighted by atomic mass is 10.1. The van der Waals surface area contributed by atoms with E-state index in [0.29, 0.717) is 25.9 Å². The first kappa shape index (κ1) is 15.9. The summed E-state index contributed by atoms with van der Waals surface area (Å²) in [5.41, 5.74) is -0.467. The normalized spacial score (nSPS) is 16.9. The molecule has 6 nitrogen and oxygen atoms in total. The van der Waals surface area contributed by atoms with Crippen LogP contribution in [0.1, 0.15) is 28.8 Å². The Bertz CT molecular complexity index is 654. The number of piperidine rings is 1. The van der Waals surface area contributed by atoms with Crippen molar-refractivity contribution >= 4 is 16.0 Å². The van der Waals surface area contributed by atoms with E-state index in [1.807, 2.05) is 0 Å². The maximum Gasteiger partial charge on any atom is 0.335 e. The molecule has 1 saturated heterocycles. The molecule has 0 aliphatic carbocycles. The van der Waals surface area contributed by atoms with Gasteiger partial charge in [0.25, 0.3) is 0 Å². The third-order valence-electron chi connectivity index (χ3n) is 3.49. The topological polar surface area (TPSA) is 95.5 Å². The molecule has 0 radical (unpaired) electrons. The fourth-order valence-electron chi connectivity index (χ4n) is 2.28. The molecule has 0 saturated carbocycles. The van der Waals surface area contributed by atoms with Crippen LogP contribution in [-0.2, 0) is 10.0 Å². The van der Waals surface area contributed by atoms with Crippen molar-refractivity contribution in [3.05, 3.63) is 29.1 Å². The van der Waals surface area contributed by atoms with Crippen LogP contribution in [0.2, 0.25) is 0 Å². The lowest BCUT2D eigenvalue weighted by molar-refractivity contribution is 0.0696. The van der Waals surface area contributed by atoms with Gasteiger partial charge in [0.15, 0.2) is 0 Å². The van der Waals surface area contributed by atoms with E-state index in [1.54, 1.807) is 0 Å². The van der Waals surface area contributed by atoms with E-state index in [4.69, 9.17) is 5.11 Å². The van der Waals surface area contributed by atoms with Crippen LogP contribution >= 0.6 is 0 Å². The van der Waals surface area contributed by atoms with Crippen molar-refractivity contribution in [3.63, 3.8) is 0 Å². The van der Waals surface area contributed by atoms with E-state index in [1.165, 1.54) is 6.92 Å². The zero-order chi connectivity index (χ0) is 15.6. The van der Waals surface area contributed by atoms with Gasteiger partial charge in [-0.2, -0.15) is 0 Å². The van der Waals surface area contributed by atoms with Gasteiger partial charge in [-0.05, 0) is 45.0 Å². The Kier molecular flexibility index (Phi) is 4.60. The molecule has 2 rings (SSSR count). The maximum atomic E-state index is 13.7. The predicted octanol–water partition coefficient (Wildman–Crippen LogP) is 0.863. The molecule has 0 bridgehead atoms. The zero-order valence-electron chi connectivity index (χ0n) is 11.5. The summed E-state index contributed by atoms with van der Waals surface area (Å²) in [7, 11) is -3.95. The highest BCUT2D eigenvalue weighted by Gasteiger charge is 2.25. The number of carboxylic acids is 1. The van der Waals surface area contributed by atoms with E-state index in [2.05, 4.69) is 10.0 Å². The number of aromatic carboxylic acids is 1. The molecule has 1 aliphatic rings. The summed E-state index contributed by atoms with van der Waals surface area (Å²) in [6.45, 7) is 2.73. The van der Waals surface area contributed by atoms with Gasteiger partial charge in [-0.3, -0.25) is 0 Å². The maximum absolute atomic E-state index is 13.7. The number of rotatable bonds is 4. The second-order valence-electron chi connectivity index (χ2n) is 5.03. The second-order valence-corrected chi connectivity index (χ2v) is 6.71. The van der Waals surface area contributed by atoms with Crippen molar-refractivity contribution in [3.8, 4) is 0 Å². The van der Waals surface area contributed by atoms with Crippen LogP contribution in [-0.4, -0.2) is 38.6 Å². The minimum absolute atomic E-state index is 0.0820. The summed E-state index contributed by atoms with van der Waals surface area (Å²) in [4.78, 5) is 10.6. The van der Waals surface area contributed by atoms with Crippen LogP contribution in [0, 0.1) is 12.7 Å². The Hall–Kier alpha value is -1.51. The van der Waals surface area contributed by atoms with Crippen molar-refractivity contribution in [2.45, 2.75) is 30.7 Å². The minimum Gasteiger partial charge on any atom is -0.478 e. The number of halogens is 1. The van der Waals surface area contributed by atoms with Gasteiger partial charge < -0.3 is 10.4 Å². The predicted molar refractivity (Wildman–Crippen MR) is 74.3 cm³/mol. The number of hydrogen-bond donors (Lipinski definition) is 3. The van der Waals surface area contributed by atoms with E-state index >= 15 is 0 Å². The van der Waals surface area contributed by atoms with E-state index in [0.717, 1.165) is 12.1 Å². The first-order valence-electron chi connectivity index (χ1n) is 6.58. The zero-order valence-corrected chi connectivity index (χ0v) is 12.3. The monoisotopic (exact) mass is 316 g/mol. The van der Waals surface area contributed by atoms with E-state index in [-0.39, 0.29) is 22.1 Å². The molecule has 1 aliphatic heterocycles. The SMILES string of the molecule is Cc1c(F)cc(C(=O)O)cc1S(=O)(=O)NC1CCNCC1. The Morgan fingerprint density at radius 2 is 2.00 bits per heavy atom. The molecule has 0 spiro atoms. The minimum atomic E-state index is -3.95. The van der Waals surface area contributed by atoms with Gasteiger partial charge in [0.1, 0.15) is 5.82 Å². The first-order valence-corrected chi connectivity index (χ1v) is 8.06. The third kappa shape index (κ3) is 3.58. The van der Waals surface area contributed by atoms with E-state index in [9.17, 15) is 17.6 Å². The molecule has 3 N–H and O–H groups in total. The second kappa shape index (κ2) is 6.08. The molecule has 1 heterocycles. The highest BCUT2D eigenvalue weighted by atomic mass is 32.2. The van der Waals surface area contributed by atoms with Crippen molar-refractivity contribution in [2.75, 3.05) is 13.1 Å². The van der Waals surface area contributed by atoms with Gasteiger partial charge >= 0.3 is 5.97 Å². The summed E-state index contributed by atoms with van der Waals surface area (Å²) in [5.74, 6) is -2.21. The van der Waals surface area contributed by atoms with Gasteiger partial charge in [0, 0.05) is 11.6 Å². The summed E-state index contributed by atoms with van der Waals surface area (Å²) >= 11 is 0. The lowest BCUT2D eigenvalue weighted by Crippen LogP contribution is -2.42. The number of carbonyl (C=O) groups is 1. The van der Waals surface area contributed by atoms with E-state index < -0.39 is 21.8 Å². The number of benzene rings is 1. The first-order chi connectivity index (χ1) is 9.81. The molecular formula is C13H17FN2O4S. The van der Waals surface area contributed by atoms with Crippen molar-refractivity contribution in [1.82, 2.24) is 10.0 Å². The molecule has 0 unspecified atom stereocenters. The molecule has 0 aromatic heterocycles. The average molecular weight is 316 g/mol. The average Bonchev–Trinajstić information content (AvgIpc) is 2.41. The highest BCUT2D eigenvalue weighted by Crippen LogP contribution is 2.21. The largest absolute Gasteiger partial charge is 0.478 e. The van der Waals surface area contributed by atoms with Crippen LogP contribution in [0.15, 0.2) is 17.0 Å². The molecule has 1 fully saturated rings. The Morgan fingerprint density at radius 1 is 1.38 bits per heavy atom. The lowest BCUT2D eigenvalue weighted by Gasteiger charge is -2.24. The van der Waals surface area contributed by atoms with Gasteiger partial charge in [-0.15, -0.1) is 0 Å². The summed E-state index contributed by atoms with van der Waals surface area (Å²) < 4.78 is 41.0.